The number of rotatable bonds is 3. The van der Waals surface area contributed by atoms with Crippen molar-refractivity contribution in [1.29, 1.82) is 0 Å². The van der Waals surface area contributed by atoms with Gasteiger partial charge in [0.05, 0.1) is 17.8 Å². The first-order valence-corrected chi connectivity index (χ1v) is 6.59. The summed E-state index contributed by atoms with van der Waals surface area (Å²) < 4.78 is 7.48. The van der Waals surface area contributed by atoms with Gasteiger partial charge in [0, 0.05) is 31.0 Å². The third-order valence-corrected chi connectivity index (χ3v) is 3.57. The molecule has 3 rings (SSSR count). The SMILES string of the molecule is CC1CC(NCc2cnn3ccccc23)CCO1. The topological polar surface area (TPSA) is 38.6 Å². The Morgan fingerprint density at radius 2 is 2.44 bits per heavy atom. The van der Waals surface area contributed by atoms with Gasteiger partial charge in [0.15, 0.2) is 0 Å². The van der Waals surface area contributed by atoms with E-state index in [9.17, 15) is 0 Å². The number of fused-ring (bicyclic) bond motifs is 1. The van der Waals surface area contributed by atoms with Crippen LogP contribution in [0.25, 0.3) is 5.52 Å². The molecule has 1 N–H and O–H groups in total. The summed E-state index contributed by atoms with van der Waals surface area (Å²) in [5.41, 5.74) is 2.44. The molecule has 3 heterocycles. The van der Waals surface area contributed by atoms with E-state index in [1.54, 1.807) is 0 Å². The van der Waals surface area contributed by atoms with E-state index < -0.39 is 0 Å². The Bertz CT molecular complexity index is 522. The fraction of sp³-hybridized carbons (Fsp3) is 0.500. The molecule has 2 aromatic heterocycles. The summed E-state index contributed by atoms with van der Waals surface area (Å²) in [6.07, 6.45) is 6.50. The van der Waals surface area contributed by atoms with Crippen molar-refractivity contribution in [3.8, 4) is 0 Å². The van der Waals surface area contributed by atoms with Crippen molar-refractivity contribution in [2.75, 3.05) is 6.61 Å². The van der Waals surface area contributed by atoms with E-state index in [-0.39, 0.29) is 0 Å². The molecule has 18 heavy (non-hydrogen) atoms. The van der Waals surface area contributed by atoms with Gasteiger partial charge in [0.1, 0.15) is 0 Å². The molecule has 0 aromatic carbocycles. The lowest BCUT2D eigenvalue weighted by Gasteiger charge is -2.27. The first-order chi connectivity index (χ1) is 8.83. The van der Waals surface area contributed by atoms with Crippen LogP contribution < -0.4 is 5.32 Å². The molecule has 0 bridgehead atoms. The van der Waals surface area contributed by atoms with Crippen LogP contribution in [0.2, 0.25) is 0 Å². The smallest absolute Gasteiger partial charge is 0.0706 e. The highest BCUT2D eigenvalue weighted by atomic mass is 16.5. The van der Waals surface area contributed by atoms with Crippen LogP contribution >= 0.6 is 0 Å². The van der Waals surface area contributed by atoms with Gasteiger partial charge in [-0.3, -0.25) is 0 Å². The predicted molar refractivity (Wildman–Crippen MR) is 70.5 cm³/mol. The number of hydrogen-bond acceptors (Lipinski definition) is 3. The first-order valence-electron chi connectivity index (χ1n) is 6.59. The molecular formula is C14H19N3O. The van der Waals surface area contributed by atoms with Crippen LogP contribution in [0.3, 0.4) is 0 Å². The average Bonchev–Trinajstić information content (AvgIpc) is 2.80. The molecule has 0 aliphatic carbocycles. The fourth-order valence-electron chi connectivity index (χ4n) is 2.56. The van der Waals surface area contributed by atoms with E-state index in [2.05, 4.69) is 29.5 Å². The van der Waals surface area contributed by atoms with Crippen LogP contribution in [0.5, 0.6) is 0 Å². The van der Waals surface area contributed by atoms with Crippen LogP contribution in [-0.4, -0.2) is 28.4 Å². The van der Waals surface area contributed by atoms with Crippen molar-refractivity contribution < 1.29 is 4.74 Å². The normalized spacial score (nSPS) is 24.5. The molecule has 4 nitrogen and oxygen atoms in total. The molecular weight excluding hydrogens is 226 g/mol. The molecule has 4 heteroatoms. The number of ether oxygens (including phenoxy) is 1. The van der Waals surface area contributed by atoms with Gasteiger partial charge >= 0.3 is 0 Å². The van der Waals surface area contributed by atoms with E-state index >= 15 is 0 Å². The van der Waals surface area contributed by atoms with Gasteiger partial charge in [-0.05, 0) is 31.9 Å². The van der Waals surface area contributed by atoms with E-state index in [1.165, 1.54) is 11.1 Å². The second-order valence-electron chi connectivity index (χ2n) is 4.98. The van der Waals surface area contributed by atoms with Gasteiger partial charge < -0.3 is 10.1 Å². The summed E-state index contributed by atoms with van der Waals surface area (Å²) in [4.78, 5) is 0. The van der Waals surface area contributed by atoms with E-state index in [0.717, 1.165) is 26.0 Å². The largest absolute Gasteiger partial charge is 0.378 e. The Balaban J connectivity index is 1.66. The van der Waals surface area contributed by atoms with Crippen molar-refractivity contribution >= 4 is 5.52 Å². The Labute approximate surface area is 107 Å². The highest BCUT2D eigenvalue weighted by molar-refractivity contribution is 5.53. The Morgan fingerprint density at radius 1 is 1.50 bits per heavy atom. The molecule has 0 saturated carbocycles. The standard InChI is InChI=1S/C14H19N3O/c1-11-8-13(5-7-18-11)15-9-12-10-16-17-6-3-2-4-14(12)17/h2-4,6,10-11,13,15H,5,7-9H2,1H3. The average molecular weight is 245 g/mol. The highest BCUT2D eigenvalue weighted by Gasteiger charge is 2.18. The number of aromatic nitrogens is 2. The van der Waals surface area contributed by atoms with Crippen LogP contribution in [-0.2, 0) is 11.3 Å². The summed E-state index contributed by atoms with van der Waals surface area (Å²) in [6, 6.07) is 6.72. The molecule has 1 aliphatic heterocycles. The molecule has 0 radical (unpaired) electrons. The van der Waals surface area contributed by atoms with Crippen molar-refractivity contribution in [2.24, 2.45) is 0 Å². The zero-order chi connectivity index (χ0) is 12.4. The molecule has 1 saturated heterocycles. The van der Waals surface area contributed by atoms with Gasteiger partial charge in [0.2, 0.25) is 0 Å². The molecule has 1 fully saturated rings. The summed E-state index contributed by atoms with van der Waals surface area (Å²) in [5, 5.41) is 7.96. The van der Waals surface area contributed by atoms with Crippen LogP contribution in [0.15, 0.2) is 30.6 Å². The summed E-state index contributed by atoms with van der Waals surface area (Å²) >= 11 is 0. The predicted octanol–water partition coefficient (Wildman–Crippen LogP) is 1.99. The Hall–Kier alpha value is -1.39. The number of pyridine rings is 1. The van der Waals surface area contributed by atoms with Gasteiger partial charge in [-0.25, -0.2) is 4.52 Å². The first kappa shape index (κ1) is 11.7. The summed E-state index contributed by atoms with van der Waals surface area (Å²) in [6.45, 7) is 3.89. The molecule has 0 amide bonds. The maximum Gasteiger partial charge on any atom is 0.0706 e. The van der Waals surface area contributed by atoms with Crippen molar-refractivity contribution in [3.63, 3.8) is 0 Å². The number of hydrogen-bond donors (Lipinski definition) is 1. The molecule has 2 unspecified atom stereocenters. The van der Waals surface area contributed by atoms with E-state index in [1.807, 2.05) is 23.0 Å². The molecule has 96 valence electrons. The minimum atomic E-state index is 0.375. The Morgan fingerprint density at radius 3 is 3.33 bits per heavy atom. The third-order valence-electron chi connectivity index (χ3n) is 3.57. The zero-order valence-corrected chi connectivity index (χ0v) is 10.7. The molecule has 2 aromatic rings. The van der Waals surface area contributed by atoms with Crippen LogP contribution in [0, 0.1) is 0 Å². The monoisotopic (exact) mass is 245 g/mol. The Kier molecular flexibility index (Phi) is 3.30. The lowest BCUT2D eigenvalue weighted by molar-refractivity contribution is 0.0130. The summed E-state index contributed by atoms with van der Waals surface area (Å²) in [5.74, 6) is 0. The fourth-order valence-corrected chi connectivity index (χ4v) is 2.56. The van der Waals surface area contributed by atoms with Gasteiger partial charge in [-0.15, -0.1) is 0 Å². The van der Waals surface area contributed by atoms with E-state index in [4.69, 9.17) is 4.74 Å². The number of nitrogens with zero attached hydrogens (tertiary/aromatic N) is 2. The van der Waals surface area contributed by atoms with Gasteiger partial charge in [-0.1, -0.05) is 6.07 Å². The van der Waals surface area contributed by atoms with Gasteiger partial charge in [0.25, 0.3) is 0 Å². The minimum Gasteiger partial charge on any atom is -0.378 e. The third kappa shape index (κ3) is 2.40. The lowest BCUT2D eigenvalue weighted by atomic mass is 10.0. The number of nitrogens with one attached hydrogen (secondary N) is 1. The van der Waals surface area contributed by atoms with Crippen molar-refractivity contribution in [3.05, 3.63) is 36.2 Å². The lowest BCUT2D eigenvalue weighted by Crippen LogP contribution is -2.37. The quantitative estimate of drug-likeness (QED) is 0.898. The summed E-state index contributed by atoms with van der Waals surface area (Å²) in [7, 11) is 0. The molecule has 0 spiro atoms. The highest BCUT2D eigenvalue weighted by Crippen LogP contribution is 2.15. The van der Waals surface area contributed by atoms with Crippen molar-refractivity contribution in [1.82, 2.24) is 14.9 Å². The van der Waals surface area contributed by atoms with E-state index in [0.29, 0.717) is 12.1 Å². The second-order valence-corrected chi connectivity index (χ2v) is 4.98. The molecule has 2 atom stereocenters. The van der Waals surface area contributed by atoms with Crippen LogP contribution in [0.4, 0.5) is 0 Å². The van der Waals surface area contributed by atoms with Gasteiger partial charge in [-0.2, -0.15) is 5.10 Å². The zero-order valence-electron chi connectivity index (χ0n) is 10.7. The molecule has 1 aliphatic rings. The van der Waals surface area contributed by atoms with Crippen molar-refractivity contribution in [2.45, 2.75) is 38.5 Å². The van der Waals surface area contributed by atoms with Crippen LogP contribution in [0.1, 0.15) is 25.3 Å². The maximum absolute atomic E-state index is 5.56. The minimum absolute atomic E-state index is 0.375. The second kappa shape index (κ2) is 5.08. The maximum atomic E-state index is 5.56.